The topological polar surface area (TPSA) is 59.0 Å². The van der Waals surface area contributed by atoms with Crippen LogP contribution in [0.3, 0.4) is 0 Å². The molecule has 5 heteroatoms. The van der Waals surface area contributed by atoms with E-state index in [1.54, 1.807) is 7.11 Å². The number of hydrogen-bond donors (Lipinski definition) is 1. The van der Waals surface area contributed by atoms with Gasteiger partial charge < -0.3 is 14.6 Å². The third-order valence-corrected chi connectivity index (χ3v) is 4.96. The molecule has 2 aromatic carbocycles. The van der Waals surface area contributed by atoms with Gasteiger partial charge in [0.05, 0.1) is 13.0 Å². The summed E-state index contributed by atoms with van der Waals surface area (Å²) in [4.78, 5) is 13.0. The fourth-order valence-corrected chi connectivity index (χ4v) is 3.34. The van der Waals surface area contributed by atoms with E-state index in [0.717, 1.165) is 40.3 Å². The van der Waals surface area contributed by atoms with Crippen LogP contribution in [-0.2, 0) is 4.79 Å². The van der Waals surface area contributed by atoms with Crippen LogP contribution < -0.4 is 9.47 Å². The second-order valence-corrected chi connectivity index (χ2v) is 7.05. The maximum absolute atomic E-state index is 10.9. The number of nitrogens with zero attached hydrogens (tertiary/aromatic N) is 1. The first-order valence-electron chi connectivity index (χ1n) is 9.18. The Bertz CT molecular complexity index is 976. The van der Waals surface area contributed by atoms with Crippen molar-refractivity contribution in [2.75, 3.05) is 33.4 Å². The first-order valence-corrected chi connectivity index (χ1v) is 9.18. The number of carboxylic acid groups (broad SMARTS) is 1. The first kappa shape index (κ1) is 18.1. The van der Waals surface area contributed by atoms with Gasteiger partial charge in [-0.3, -0.25) is 9.69 Å². The van der Waals surface area contributed by atoms with Gasteiger partial charge in [0.2, 0.25) is 0 Å². The lowest BCUT2D eigenvalue weighted by Gasteiger charge is -2.37. The molecule has 0 aromatic heterocycles. The summed E-state index contributed by atoms with van der Waals surface area (Å²) < 4.78 is 11.1. The van der Waals surface area contributed by atoms with Crippen molar-refractivity contribution >= 4 is 12.0 Å². The van der Waals surface area contributed by atoms with Crippen LogP contribution in [0.25, 0.3) is 6.08 Å². The summed E-state index contributed by atoms with van der Waals surface area (Å²) in [6, 6.07) is 13.6. The third kappa shape index (κ3) is 4.03. The molecule has 0 amide bonds. The molecule has 1 fully saturated rings. The minimum Gasteiger partial charge on any atom is -0.497 e. The smallest absolute Gasteiger partial charge is 0.309 e. The van der Waals surface area contributed by atoms with Crippen molar-refractivity contribution in [2.45, 2.75) is 0 Å². The van der Waals surface area contributed by atoms with E-state index in [0.29, 0.717) is 19.7 Å². The fraction of sp³-hybridized carbons (Fsp3) is 0.261. The van der Waals surface area contributed by atoms with Gasteiger partial charge in [-0.15, -0.1) is 0 Å². The number of aliphatic carboxylic acids is 1. The summed E-state index contributed by atoms with van der Waals surface area (Å²) in [6.07, 6.45) is 2.13. The Kier molecular flexibility index (Phi) is 5.05. The Morgan fingerprint density at radius 2 is 1.89 bits per heavy atom. The van der Waals surface area contributed by atoms with Crippen molar-refractivity contribution in [3.8, 4) is 23.3 Å². The van der Waals surface area contributed by atoms with Crippen LogP contribution in [0.15, 0.2) is 48.0 Å². The summed E-state index contributed by atoms with van der Waals surface area (Å²) in [5.74, 6) is 7.02. The van der Waals surface area contributed by atoms with Crippen LogP contribution in [0.4, 0.5) is 0 Å². The average Bonchev–Trinajstić information content (AvgIpc) is 2.68. The number of carboxylic acids is 1. The van der Waals surface area contributed by atoms with Crippen molar-refractivity contribution in [3.63, 3.8) is 0 Å². The van der Waals surface area contributed by atoms with Gasteiger partial charge in [-0.05, 0) is 48.0 Å². The SMILES string of the molecule is COc1ccc(C#Cc2ccc3c(c2)OCC(CN2CC(C(=O)O)C2)=C3)cc1. The third-order valence-electron chi connectivity index (χ3n) is 4.96. The molecule has 0 bridgehead atoms. The zero-order valence-corrected chi connectivity index (χ0v) is 15.6. The number of carbonyl (C=O) groups is 1. The Balaban J connectivity index is 1.42. The van der Waals surface area contributed by atoms with Gasteiger partial charge in [0.15, 0.2) is 0 Å². The molecule has 1 saturated heterocycles. The van der Waals surface area contributed by atoms with E-state index in [-0.39, 0.29) is 5.92 Å². The molecule has 2 aliphatic heterocycles. The minimum absolute atomic E-state index is 0.232. The van der Waals surface area contributed by atoms with E-state index >= 15 is 0 Å². The molecule has 0 radical (unpaired) electrons. The highest BCUT2D eigenvalue weighted by Gasteiger charge is 2.32. The zero-order chi connectivity index (χ0) is 19.5. The van der Waals surface area contributed by atoms with Gasteiger partial charge in [0, 0.05) is 36.3 Å². The summed E-state index contributed by atoms with van der Waals surface area (Å²) >= 11 is 0. The molecule has 28 heavy (non-hydrogen) atoms. The van der Waals surface area contributed by atoms with E-state index in [9.17, 15) is 4.79 Å². The van der Waals surface area contributed by atoms with E-state index in [1.165, 1.54) is 0 Å². The second-order valence-electron chi connectivity index (χ2n) is 7.05. The number of benzene rings is 2. The molecule has 0 saturated carbocycles. The number of fused-ring (bicyclic) bond motifs is 1. The highest BCUT2D eigenvalue weighted by atomic mass is 16.5. The number of likely N-dealkylation sites (tertiary alicyclic amines) is 1. The number of hydrogen-bond acceptors (Lipinski definition) is 4. The summed E-state index contributed by atoms with van der Waals surface area (Å²) in [5, 5.41) is 8.97. The predicted octanol–water partition coefficient (Wildman–Crippen LogP) is 2.89. The van der Waals surface area contributed by atoms with Crippen molar-refractivity contribution in [3.05, 3.63) is 64.7 Å². The number of methoxy groups -OCH3 is 1. The Morgan fingerprint density at radius 3 is 2.61 bits per heavy atom. The normalized spacial score (nSPS) is 16.0. The van der Waals surface area contributed by atoms with Gasteiger partial charge >= 0.3 is 5.97 Å². The van der Waals surface area contributed by atoms with Gasteiger partial charge in [-0.25, -0.2) is 0 Å². The largest absolute Gasteiger partial charge is 0.497 e. The average molecular weight is 375 g/mol. The fourth-order valence-electron chi connectivity index (χ4n) is 3.34. The maximum atomic E-state index is 10.9. The van der Waals surface area contributed by atoms with Crippen LogP contribution in [0, 0.1) is 17.8 Å². The van der Waals surface area contributed by atoms with Crippen LogP contribution in [0.5, 0.6) is 11.5 Å². The van der Waals surface area contributed by atoms with E-state index in [1.807, 2.05) is 42.5 Å². The molecular formula is C23H21NO4. The lowest BCUT2D eigenvalue weighted by Crippen LogP contribution is -2.51. The first-order chi connectivity index (χ1) is 13.6. The molecule has 1 N–H and O–H groups in total. The zero-order valence-electron chi connectivity index (χ0n) is 15.6. The van der Waals surface area contributed by atoms with E-state index < -0.39 is 5.97 Å². The van der Waals surface area contributed by atoms with Crippen LogP contribution in [-0.4, -0.2) is 49.3 Å². The molecule has 0 spiro atoms. The minimum atomic E-state index is -0.709. The molecule has 0 unspecified atom stereocenters. The molecule has 0 atom stereocenters. The second kappa shape index (κ2) is 7.79. The predicted molar refractivity (Wildman–Crippen MR) is 106 cm³/mol. The van der Waals surface area contributed by atoms with Gasteiger partial charge in [-0.2, -0.15) is 0 Å². The van der Waals surface area contributed by atoms with Crippen molar-refractivity contribution in [1.29, 1.82) is 0 Å². The van der Waals surface area contributed by atoms with Gasteiger partial charge in [-0.1, -0.05) is 17.9 Å². The van der Waals surface area contributed by atoms with Crippen molar-refractivity contribution in [1.82, 2.24) is 4.90 Å². The molecule has 2 aliphatic rings. The standard InChI is InChI=1S/C23H21NO4/c1-27-21-8-5-16(6-9-21)2-3-17-4-7-19-10-18(15-28-22(19)11-17)12-24-13-20(14-24)23(25)26/h4-11,20H,12-15H2,1H3,(H,25,26). The lowest BCUT2D eigenvalue weighted by molar-refractivity contribution is -0.147. The van der Waals surface area contributed by atoms with Gasteiger partial charge in [0.1, 0.15) is 18.1 Å². The molecule has 2 aromatic rings. The van der Waals surface area contributed by atoms with Crippen LogP contribution in [0.2, 0.25) is 0 Å². The van der Waals surface area contributed by atoms with Crippen LogP contribution >= 0.6 is 0 Å². The monoisotopic (exact) mass is 375 g/mol. The highest BCUT2D eigenvalue weighted by molar-refractivity contribution is 5.71. The highest BCUT2D eigenvalue weighted by Crippen LogP contribution is 2.28. The Hall–Kier alpha value is -3.23. The van der Waals surface area contributed by atoms with Crippen molar-refractivity contribution < 1.29 is 19.4 Å². The summed E-state index contributed by atoms with van der Waals surface area (Å²) in [7, 11) is 1.64. The molecule has 2 heterocycles. The number of ether oxygens (including phenoxy) is 2. The molecule has 142 valence electrons. The Morgan fingerprint density at radius 1 is 1.18 bits per heavy atom. The molecular weight excluding hydrogens is 354 g/mol. The summed E-state index contributed by atoms with van der Waals surface area (Å²) in [6.45, 7) is 2.50. The Labute approximate surface area is 164 Å². The number of rotatable bonds is 4. The molecule has 0 aliphatic carbocycles. The summed E-state index contributed by atoms with van der Waals surface area (Å²) in [5.41, 5.74) is 4.02. The van der Waals surface area contributed by atoms with E-state index in [2.05, 4.69) is 22.8 Å². The van der Waals surface area contributed by atoms with E-state index in [4.69, 9.17) is 14.6 Å². The van der Waals surface area contributed by atoms with Crippen LogP contribution in [0.1, 0.15) is 16.7 Å². The quantitative estimate of drug-likeness (QED) is 0.833. The molecule has 5 nitrogen and oxygen atoms in total. The van der Waals surface area contributed by atoms with Gasteiger partial charge in [0.25, 0.3) is 0 Å². The maximum Gasteiger partial charge on any atom is 0.309 e. The van der Waals surface area contributed by atoms with Crippen molar-refractivity contribution in [2.24, 2.45) is 5.92 Å². The molecule has 4 rings (SSSR count). The lowest BCUT2D eigenvalue weighted by atomic mass is 9.98.